The highest BCUT2D eigenvalue weighted by Crippen LogP contribution is 2.26. The third kappa shape index (κ3) is 3.88. The second-order valence-corrected chi connectivity index (χ2v) is 7.36. The van der Waals surface area contributed by atoms with Crippen LogP contribution in [-0.2, 0) is 13.1 Å². The number of hydrogen-bond acceptors (Lipinski definition) is 3. The summed E-state index contributed by atoms with van der Waals surface area (Å²) < 4.78 is 3.34. The molecule has 1 saturated heterocycles. The van der Waals surface area contributed by atoms with Crippen LogP contribution < -0.4 is 5.32 Å². The number of hydrogen-bond donors (Lipinski definition) is 1. The highest BCUT2D eigenvalue weighted by Gasteiger charge is 2.25. The van der Waals surface area contributed by atoms with Crippen LogP contribution in [0.3, 0.4) is 0 Å². The number of aromatic nitrogens is 2. The number of piperidine rings is 1. The monoisotopic (exact) mass is 354 g/mol. The molecule has 2 heterocycles. The number of likely N-dealkylation sites (tertiary alicyclic amines) is 1. The van der Waals surface area contributed by atoms with Crippen LogP contribution in [0.2, 0.25) is 0 Å². The zero-order chi connectivity index (χ0) is 14.8. The summed E-state index contributed by atoms with van der Waals surface area (Å²) in [7, 11) is 0. The van der Waals surface area contributed by atoms with E-state index in [0.717, 1.165) is 30.7 Å². The maximum Gasteiger partial charge on any atom is 0.0739 e. The topological polar surface area (TPSA) is 33.1 Å². The Bertz CT molecular complexity index is 473. The van der Waals surface area contributed by atoms with Gasteiger partial charge in [0.25, 0.3) is 0 Å². The molecule has 1 aliphatic heterocycles. The summed E-state index contributed by atoms with van der Waals surface area (Å²) in [5.74, 6) is 0.878. The summed E-state index contributed by atoms with van der Waals surface area (Å²) in [6, 6.07) is 0.848. The minimum absolute atomic E-state index is 0.848. The molecule has 2 fully saturated rings. The van der Waals surface area contributed by atoms with Crippen molar-refractivity contribution in [2.45, 2.75) is 58.7 Å². The highest BCUT2D eigenvalue weighted by atomic mass is 79.9. The van der Waals surface area contributed by atoms with Gasteiger partial charge in [0.1, 0.15) is 0 Å². The van der Waals surface area contributed by atoms with Gasteiger partial charge in [-0.15, -0.1) is 0 Å². The van der Waals surface area contributed by atoms with E-state index >= 15 is 0 Å². The number of halogens is 1. The van der Waals surface area contributed by atoms with Crippen molar-refractivity contribution in [1.29, 1.82) is 0 Å². The Balaban J connectivity index is 1.50. The molecule has 5 heteroatoms. The first-order valence-corrected chi connectivity index (χ1v) is 9.14. The Labute approximate surface area is 136 Å². The lowest BCUT2D eigenvalue weighted by atomic mass is 9.96. The minimum atomic E-state index is 0.848. The van der Waals surface area contributed by atoms with Gasteiger partial charge in [0, 0.05) is 19.1 Å². The average Bonchev–Trinajstić information content (AvgIpc) is 3.29. The molecule has 1 N–H and O–H groups in total. The third-order valence-corrected chi connectivity index (χ3v) is 5.84. The van der Waals surface area contributed by atoms with E-state index in [-0.39, 0.29) is 0 Å². The van der Waals surface area contributed by atoms with Gasteiger partial charge in [-0.25, -0.2) is 0 Å². The lowest BCUT2D eigenvalue weighted by molar-refractivity contribution is 0.171. The average molecular weight is 355 g/mol. The number of nitrogens with one attached hydrogen (secondary N) is 1. The van der Waals surface area contributed by atoms with E-state index in [1.807, 2.05) is 0 Å². The summed E-state index contributed by atoms with van der Waals surface area (Å²) in [5, 5.41) is 8.28. The third-order valence-electron chi connectivity index (χ3n) is 4.81. The fourth-order valence-corrected chi connectivity index (χ4v) is 3.61. The van der Waals surface area contributed by atoms with Crippen LogP contribution in [0.25, 0.3) is 0 Å². The summed E-state index contributed by atoms with van der Waals surface area (Å²) >= 11 is 3.71. The lowest BCUT2D eigenvalue weighted by Gasteiger charge is -2.32. The summed E-state index contributed by atoms with van der Waals surface area (Å²) in [5.41, 5.74) is 2.44. The van der Waals surface area contributed by atoms with Gasteiger partial charge in [0.2, 0.25) is 0 Å². The molecule has 1 saturated carbocycles. The molecule has 1 aromatic heterocycles. The van der Waals surface area contributed by atoms with Crippen LogP contribution >= 0.6 is 15.9 Å². The van der Waals surface area contributed by atoms with Gasteiger partial charge in [0.05, 0.1) is 15.9 Å². The molecule has 0 unspecified atom stereocenters. The molecule has 0 amide bonds. The van der Waals surface area contributed by atoms with Crippen molar-refractivity contribution in [1.82, 2.24) is 20.0 Å². The Morgan fingerprint density at radius 3 is 2.57 bits per heavy atom. The van der Waals surface area contributed by atoms with Crippen LogP contribution in [0.5, 0.6) is 0 Å². The zero-order valence-electron chi connectivity index (χ0n) is 13.2. The first kappa shape index (κ1) is 15.5. The Hall–Kier alpha value is -0.390. The van der Waals surface area contributed by atoms with Crippen molar-refractivity contribution in [3.05, 3.63) is 15.9 Å². The lowest BCUT2D eigenvalue weighted by Crippen LogP contribution is -2.37. The van der Waals surface area contributed by atoms with E-state index in [9.17, 15) is 0 Å². The number of aryl methyl sites for hydroxylation is 2. The van der Waals surface area contributed by atoms with Crippen molar-refractivity contribution in [2.24, 2.45) is 5.92 Å². The molecule has 0 aromatic carbocycles. The number of rotatable bonds is 6. The van der Waals surface area contributed by atoms with E-state index in [2.05, 4.69) is 49.8 Å². The summed E-state index contributed by atoms with van der Waals surface area (Å²) in [6.45, 7) is 9.89. The first-order valence-electron chi connectivity index (χ1n) is 8.35. The van der Waals surface area contributed by atoms with E-state index in [0.29, 0.717) is 0 Å². The normalized spacial score (nSPS) is 21.1. The van der Waals surface area contributed by atoms with Crippen LogP contribution in [0, 0.1) is 12.8 Å². The van der Waals surface area contributed by atoms with Gasteiger partial charge in [-0.1, -0.05) is 0 Å². The Kier molecular flexibility index (Phi) is 5.02. The minimum Gasteiger partial charge on any atom is -0.314 e. The highest BCUT2D eigenvalue weighted by molar-refractivity contribution is 9.10. The zero-order valence-corrected chi connectivity index (χ0v) is 14.8. The summed E-state index contributed by atoms with van der Waals surface area (Å²) in [6.07, 6.45) is 5.45. The molecule has 0 atom stereocenters. The van der Waals surface area contributed by atoms with Crippen LogP contribution in [0.1, 0.15) is 44.0 Å². The predicted molar refractivity (Wildman–Crippen MR) is 89.4 cm³/mol. The predicted octanol–water partition coefficient (Wildman–Crippen LogP) is 2.94. The van der Waals surface area contributed by atoms with E-state index in [1.54, 1.807) is 0 Å². The van der Waals surface area contributed by atoms with Crippen LogP contribution in [0.4, 0.5) is 0 Å². The molecule has 0 spiro atoms. The largest absolute Gasteiger partial charge is 0.314 e. The molecule has 1 aliphatic carbocycles. The molecule has 2 aliphatic rings. The van der Waals surface area contributed by atoms with Gasteiger partial charge in [-0.3, -0.25) is 9.58 Å². The Morgan fingerprint density at radius 1 is 1.24 bits per heavy atom. The van der Waals surface area contributed by atoms with Gasteiger partial charge in [0.15, 0.2) is 0 Å². The van der Waals surface area contributed by atoms with Crippen molar-refractivity contribution >= 4 is 15.9 Å². The fraction of sp³-hybridized carbons (Fsp3) is 0.812. The van der Waals surface area contributed by atoms with Gasteiger partial charge >= 0.3 is 0 Å². The molecule has 4 nitrogen and oxygen atoms in total. The molecule has 0 bridgehead atoms. The van der Waals surface area contributed by atoms with Crippen LogP contribution in [-0.4, -0.2) is 40.4 Å². The van der Waals surface area contributed by atoms with E-state index in [1.165, 1.54) is 55.5 Å². The van der Waals surface area contributed by atoms with Crippen molar-refractivity contribution in [3.8, 4) is 0 Å². The molecule has 1 aromatic rings. The first-order chi connectivity index (χ1) is 10.2. The maximum absolute atomic E-state index is 4.60. The molecular weight excluding hydrogens is 328 g/mol. The summed E-state index contributed by atoms with van der Waals surface area (Å²) in [4.78, 5) is 2.58. The molecule has 0 radical (unpaired) electrons. The molecule has 118 valence electrons. The standard InChI is InChI=1S/C16H27BrN4/c1-3-21-15(16(17)12(2)19-21)11-20-8-6-13(7-9-20)10-18-14-4-5-14/h13-14,18H,3-11H2,1-2H3. The smallest absolute Gasteiger partial charge is 0.0739 e. The van der Waals surface area contributed by atoms with Crippen molar-refractivity contribution in [3.63, 3.8) is 0 Å². The second-order valence-electron chi connectivity index (χ2n) is 6.56. The fourth-order valence-electron chi connectivity index (χ4n) is 3.20. The van der Waals surface area contributed by atoms with Gasteiger partial charge in [-0.2, -0.15) is 5.10 Å². The maximum atomic E-state index is 4.60. The molecule has 3 rings (SSSR count). The SMILES string of the molecule is CCn1nc(C)c(Br)c1CN1CCC(CNC2CC2)CC1. The van der Waals surface area contributed by atoms with E-state index in [4.69, 9.17) is 0 Å². The van der Waals surface area contributed by atoms with E-state index < -0.39 is 0 Å². The quantitative estimate of drug-likeness (QED) is 0.852. The van der Waals surface area contributed by atoms with Crippen molar-refractivity contribution < 1.29 is 0 Å². The Morgan fingerprint density at radius 2 is 1.95 bits per heavy atom. The van der Waals surface area contributed by atoms with Gasteiger partial charge in [-0.05, 0) is 81.0 Å². The number of nitrogens with zero attached hydrogens (tertiary/aromatic N) is 3. The van der Waals surface area contributed by atoms with Crippen molar-refractivity contribution in [2.75, 3.05) is 19.6 Å². The van der Waals surface area contributed by atoms with Gasteiger partial charge < -0.3 is 5.32 Å². The molecule has 21 heavy (non-hydrogen) atoms. The molecular formula is C16H27BrN4. The second kappa shape index (κ2) is 6.80. The van der Waals surface area contributed by atoms with Crippen LogP contribution in [0.15, 0.2) is 4.47 Å².